The van der Waals surface area contributed by atoms with Gasteiger partial charge in [0.2, 0.25) is 0 Å². The van der Waals surface area contributed by atoms with Crippen molar-refractivity contribution in [1.82, 2.24) is 28.7 Å². The van der Waals surface area contributed by atoms with E-state index in [0.29, 0.717) is 45.3 Å². The molecular formula is C81H120N6O12Si4. The summed E-state index contributed by atoms with van der Waals surface area (Å²) in [5.41, 5.74) is 4.71. The lowest BCUT2D eigenvalue weighted by atomic mass is 9.86. The minimum Gasteiger partial charge on any atom is -0.489 e. The summed E-state index contributed by atoms with van der Waals surface area (Å²) in [6.45, 7) is 45.4. The fourth-order valence-corrected chi connectivity index (χ4v) is 16.9. The van der Waals surface area contributed by atoms with E-state index in [1.165, 1.54) is 43.8 Å². The second-order valence-electron chi connectivity index (χ2n) is 33.8. The summed E-state index contributed by atoms with van der Waals surface area (Å²) in [7, 11) is -6.59. The largest absolute Gasteiger partial charge is 0.489 e. The number of carbonyl (C=O) groups excluding carboxylic acids is 4. The predicted octanol–water partition coefficient (Wildman–Crippen LogP) is 17.7. The molecule has 0 unspecified atom stereocenters. The molecule has 9 rings (SSSR count). The molecule has 0 saturated heterocycles. The molecule has 2 fully saturated rings. The Morgan fingerprint density at radius 2 is 1.01 bits per heavy atom. The van der Waals surface area contributed by atoms with E-state index in [1.807, 2.05) is 32.9 Å². The van der Waals surface area contributed by atoms with Crippen molar-refractivity contribution in [3.63, 3.8) is 0 Å². The highest BCUT2D eigenvalue weighted by atomic mass is 28.4. The van der Waals surface area contributed by atoms with Crippen LogP contribution in [0.5, 0.6) is 11.5 Å². The number of aromatic nitrogens is 6. The Morgan fingerprint density at radius 1 is 0.602 bits per heavy atom. The number of para-hydroxylation sites is 2. The lowest BCUT2D eigenvalue weighted by Crippen LogP contribution is -2.45. The van der Waals surface area contributed by atoms with Crippen LogP contribution < -0.4 is 9.47 Å². The molecule has 12 atom stereocenters. The van der Waals surface area contributed by atoms with Crippen LogP contribution in [0.1, 0.15) is 155 Å². The van der Waals surface area contributed by atoms with Crippen molar-refractivity contribution < 1.29 is 56.8 Å². The molecule has 2 aliphatic heterocycles. The minimum absolute atomic E-state index is 0.0194. The molecule has 1 N–H and O–H groups in total. The van der Waals surface area contributed by atoms with E-state index in [-0.39, 0.29) is 88.0 Å². The number of fused-ring (bicyclic) bond motifs is 6. The number of carbonyl (C=O) groups is 4. The zero-order chi connectivity index (χ0) is 75.7. The van der Waals surface area contributed by atoms with E-state index in [2.05, 4.69) is 201 Å². The Labute approximate surface area is 619 Å². The van der Waals surface area contributed by atoms with Gasteiger partial charge in [0, 0.05) is 133 Å². The average molecular weight is 1480 g/mol. The van der Waals surface area contributed by atoms with Gasteiger partial charge < -0.3 is 37.6 Å². The lowest BCUT2D eigenvalue weighted by Gasteiger charge is -2.40. The van der Waals surface area contributed by atoms with Gasteiger partial charge in [0.05, 0.1) is 31.5 Å². The van der Waals surface area contributed by atoms with Crippen molar-refractivity contribution in [3.8, 4) is 35.2 Å². The number of nitrogens with zero attached hydrogens (tertiary/aromatic N) is 6. The number of aliphatic hydroxyl groups excluding tert-OH is 1. The van der Waals surface area contributed by atoms with Crippen LogP contribution >= 0.6 is 0 Å². The van der Waals surface area contributed by atoms with Gasteiger partial charge in [-0.2, -0.15) is 0 Å². The van der Waals surface area contributed by atoms with Crippen molar-refractivity contribution in [2.24, 2.45) is 23.7 Å². The smallest absolute Gasteiger partial charge is 0.419 e. The molecule has 2 aromatic carbocycles. The number of esters is 2. The highest BCUT2D eigenvalue weighted by Crippen LogP contribution is 2.56. The Balaban J connectivity index is 0.000000249. The van der Waals surface area contributed by atoms with Crippen LogP contribution in [0.3, 0.4) is 0 Å². The Hall–Kier alpha value is -6.90. The van der Waals surface area contributed by atoms with E-state index in [0.717, 1.165) is 66.8 Å². The number of hydrogen-bond acceptors (Lipinski definition) is 15. The number of aliphatic hydroxyl groups is 1. The van der Waals surface area contributed by atoms with Crippen molar-refractivity contribution in [2.75, 3.05) is 13.2 Å². The third-order valence-corrected chi connectivity index (χ3v) is 33.5. The van der Waals surface area contributed by atoms with Crippen LogP contribution in [0, 0.1) is 47.4 Å². The molecular weight excluding hydrogens is 1360 g/mol. The number of ether oxygens (including phenoxy) is 5. The van der Waals surface area contributed by atoms with Gasteiger partial charge in [0.15, 0.2) is 16.6 Å². The third kappa shape index (κ3) is 23.8. The first kappa shape index (κ1) is 83.4. The van der Waals surface area contributed by atoms with Crippen LogP contribution in [0.2, 0.25) is 87.6 Å². The van der Waals surface area contributed by atoms with Crippen LogP contribution in [0.25, 0.3) is 0 Å². The van der Waals surface area contributed by atoms with Crippen molar-refractivity contribution in [2.45, 2.75) is 270 Å². The van der Waals surface area contributed by atoms with E-state index in [4.69, 9.17) is 32.5 Å². The molecule has 18 nitrogen and oxygen atoms in total. The summed E-state index contributed by atoms with van der Waals surface area (Å²) in [6.07, 6.45) is 27.4. The van der Waals surface area contributed by atoms with Gasteiger partial charge >= 0.3 is 24.1 Å². The van der Waals surface area contributed by atoms with Gasteiger partial charge in [-0.15, -0.1) is 23.7 Å². The summed E-state index contributed by atoms with van der Waals surface area (Å²) < 4.78 is 48.8. The summed E-state index contributed by atoms with van der Waals surface area (Å²) in [6, 6.07) is 14.6. The molecule has 103 heavy (non-hydrogen) atoms. The number of imidazole rings is 3. The molecule has 2 saturated carbocycles. The molecule has 5 aromatic rings. The quantitative estimate of drug-likeness (QED) is 0.0171. The van der Waals surface area contributed by atoms with Crippen molar-refractivity contribution >= 4 is 56.8 Å². The topological polar surface area (TPSA) is 207 Å². The number of aryl methyl sites for hydroxylation is 2. The SMILES string of the molecule is CC#CC[C@H](C)[C@@H](/C=C/[C@@H]1[C@H]2c3cccc(CCCC(=O)OCC[Si](C)(C)C)c3O[C@H]2C[C@H]1O[Si](C)(C)C(C)(C)C)OC(=O)n1ccnc1.CC#CC[C@H](C)[C@H](O)/C=C/[C@@H]1[C@H]2c3cccc(CCCC(=O)OCC[Si](C)(C)C)c3O[C@H]2C[C@H]1O[Si](C)(C)C(C)(C)C.O=C(n1ccnc1)n1ccnc1. The van der Waals surface area contributed by atoms with Crippen LogP contribution in [-0.2, 0) is 45.5 Å². The summed E-state index contributed by atoms with van der Waals surface area (Å²) >= 11 is 0. The first-order chi connectivity index (χ1) is 48.4. The third-order valence-electron chi connectivity index (χ3n) is 21.1. The minimum atomic E-state index is -2.11. The second-order valence-corrected chi connectivity index (χ2v) is 54.5. The Kier molecular flexibility index (Phi) is 29.9. The van der Waals surface area contributed by atoms with E-state index in [1.54, 1.807) is 37.2 Å². The number of hydrogen-bond donors (Lipinski definition) is 1. The first-order valence-electron chi connectivity index (χ1n) is 37.2. The summed E-state index contributed by atoms with van der Waals surface area (Å²) in [5.74, 6) is 14.3. The molecule has 22 heteroatoms. The molecule has 0 spiro atoms. The Morgan fingerprint density at radius 3 is 1.40 bits per heavy atom. The van der Waals surface area contributed by atoms with Gasteiger partial charge in [-0.1, -0.05) is 149 Å². The molecule has 0 radical (unpaired) electrons. The van der Waals surface area contributed by atoms with E-state index >= 15 is 0 Å². The lowest BCUT2D eigenvalue weighted by molar-refractivity contribution is -0.144. The first-order valence-corrected chi connectivity index (χ1v) is 50.4. The molecule has 0 amide bonds. The number of benzene rings is 2. The van der Waals surface area contributed by atoms with E-state index in [9.17, 15) is 24.3 Å². The number of rotatable bonds is 27. The highest BCUT2D eigenvalue weighted by Gasteiger charge is 2.54. The predicted molar refractivity (Wildman–Crippen MR) is 419 cm³/mol. The van der Waals surface area contributed by atoms with Gasteiger partial charge in [-0.25, -0.2) is 29.1 Å². The fourth-order valence-electron chi connectivity index (χ4n) is 12.8. The van der Waals surface area contributed by atoms with Crippen LogP contribution in [0.15, 0.2) is 117 Å². The molecule has 562 valence electrons. The van der Waals surface area contributed by atoms with E-state index < -0.39 is 51.1 Å². The fraction of sp³-hybridized carbons (Fsp3) is 0.593. The van der Waals surface area contributed by atoms with Gasteiger partial charge in [0.25, 0.3) is 0 Å². The van der Waals surface area contributed by atoms with Gasteiger partial charge in [0.1, 0.15) is 48.8 Å². The van der Waals surface area contributed by atoms with Crippen LogP contribution in [-0.4, -0.2) is 140 Å². The molecule has 4 aliphatic rings. The van der Waals surface area contributed by atoms with Crippen LogP contribution in [0.4, 0.5) is 9.59 Å². The zero-order valence-electron chi connectivity index (χ0n) is 65.4. The monoisotopic (exact) mass is 1480 g/mol. The maximum atomic E-state index is 13.0. The summed E-state index contributed by atoms with van der Waals surface area (Å²) in [4.78, 5) is 60.7. The molecule has 0 bridgehead atoms. The second kappa shape index (κ2) is 36.9. The average Bonchev–Trinajstić information content (AvgIpc) is 1.60. The molecule has 2 aliphatic carbocycles. The van der Waals surface area contributed by atoms with Gasteiger partial charge in [-0.3, -0.25) is 18.7 Å². The maximum Gasteiger partial charge on any atom is 0.419 e. The zero-order valence-corrected chi connectivity index (χ0v) is 69.4. The summed E-state index contributed by atoms with van der Waals surface area (Å²) in [5, 5.41) is 11.1. The standard InChI is InChI=1S/C39H58N2O6Si2.C35H56O5Si2.C7H6N4O/c1-11-12-15-28(2)32(46-38(43)41-23-22-40-27-41)21-20-30-33(47-49(9,10)39(3,4)5)26-34-36(30)31-18-13-16-29(37(31)45-34)17-14-19-35(42)44-24-25-48(6,7)8;1-11-12-15-25(2)29(36)21-20-27-30(40-42(9,10)35(3,4)5)24-31-33(27)28-18-13-16-26(34(28)39-31)17-14-19-32(37)38-22-23-41(6,7)8;12-7(10-3-1-8-5-10)11-4-2-9-6-11/h13,16,18,20-23,27-28,30,32-34,36H,14-15,17,19,24-26H2,1-10H3;13,16,18,20-21,25,27,29-31,33,36H,14-15,17,19,22-24H2,1-10H3;1-6H/b2*21-20+;/t28-,30-,32+,33+,34-,36-;25-,27-,29+,30+,31-,33-;/m00./s1. The van der Waals surface area contributed by atoms with Crippen molar-refractivity contribution in [1.29, 1.82) is 0 Å². The molecule has 5 heterocycles. The highest BCUT2D eigenvalue weighted by molar-refractivity contribution is 6.76. The van der Waals surface area contributed by atoms with Gasteiger partial charge in [-0.05, 0) is 111 Å². The van der Waals surface area contributed by atoms with Crippen molar-refractivity contribution in [3.05, 3.63) is 139 Å². The molecule has 3 aromatic heterocycles. The normalized spacial score (nSPS) is 21.1. The maximum absolute atomic E-state index is 13.0. The Bertz CT molecular complexity index is 3710.